The van der Waals surface area contributed by atoms with Crippen molar-refractivity contribution in [2.24, 2.45) is 5.92 Å². The van der Waals surface area contributed by atoms with Crippen LogP contribution in [-0.4, -0.2) is 55.6 Å². The Morgan fingerprint density at radius 2 is 1.94 bits per heavy atom. The van der Waals surface area contributed by atoms with Crippen LogP contribution in [-0.2, 0) is 9.53 Å². The Morgan fingerprint density at radius 3 is 2.38 bits per heavy atom. The Balaban J connectivity index is 2.43. The highest BCUT2D eigenvalue weighted by Crippen LogP contribution is 2.19. The number of ether oxygens (including phenoxy) is 1. The number of hydrogen-bond donors (Lipinski definition) is 0. The van der Waals surface area contributed by atoms with E-state index in [2.05, 4.69) is 4.74 Å². The topological polar surface area (TPSA) is 49.9 Å². The lowest BCUT2D eigenvalue weighted by Crippen LogP contribution is -2.43. The lowest BCUT2D eigenvalue weighted by atomic mass is 9.95. The van der Waals surface area contributed by atoms with E-state index in [0.29, 0.717) is 13.1 Å². The van der Waals surface area contributed by atoms with Gasteiger partial charge in [0.15, 0.2) is 0 Å². The van der Waals surface area contributed by atoms with E-state index >= 15 is 0 Å². The van der Waals surface area contributed by atoms with E-state index in [1.54, 1.807) is 9.80 Å². The van der Waals surface area contributed by atoms with Crippen LogP contribution < -0.4 is 0 Å². The third-order valence-electron chi connectivity index (χ3n) is 3.13. The van der Waals surface area contributed by atoms with Gasteiger partial charge in [-0.15, -0.1) is 0 Å². The molecule has 0 aromatic heterocycles. The standard InChI is InChI=1S/C11H20N2O3/c1-4-12(2)10(14)9-5-7-13(8-6-9)11(15)16-3/h9H,4-8H2,1-3H3. The summed E-state index contributed by atoms with van der Waals surface area (Å²) in [5, 5.41) is 0. The van der Waals surface area contributed by atoms with Crippen LogP contribution in [0, 0.1) is 5.92 Å². The molecule has 1 aliphatic heterocycles. The summed E-state index contributed by atoms with van der Waals surface area (Å²) in [7, 11) is 3.19. The fourth-order valence-electron chi connectivity index (χ4n) is 1.91. The number of hydrogen-bond acceptors (Lipinski definition) is 3. The molecule has 0 radical (unpaired) electrons. The van der Waals surface area contributed by atoms with Gasteiger partial charge in [0.05, 0.1) is 7.11 Å². The van der Waals surface area contributed by atoms with E-state index in [1.165, 1.54) is 7.11 Å². The van der Waals surface area contributed by atoms with Gasteiger partial charge in [-0.25, -0.2) is 4.79 Å². The Labute approximate surface area is 96.3 Å². The maximum atomic E-state index is 11.9. The first-order chi connectivity index (χ1) is 7.60. The van der Waals surface area contributed by atoms with Gasteiger partial charge in [0.25, 0.3) is 0 Å². The molecule has 1 fully saturated rings. The van der Waals surface area contributed by atoms with Gasteiger partial charge in [0, 0.05) is 32.6 Å². The van der Waals surface area contributed by atoms with Crippen molar-refractivity contribution in [3.63, 3.8) is 0 Å². The van der Waals surface area contributed by atoms with Crippen molar-refractivity contribution < 1.29 is 14.3 Å². The summed E-state index contributed by atoms with van der Waals surface area (Å²) < 4.78 is 4.65. The molecule has 0 bridgehead atoms. The Kier molecular flexibility index (Phi) is 4.58. The molecule has 0 N–H and O–H groups in total. The summed E-state index contributed by atoms with van der Waals surface area (Å²) in [6, 6.07) is 0. The summed E-state index contributed by atoms with van der Waals surface area (Å²) in [6.45, 7) is 3.92. The smallest absolute Gasteiger partial charge is 0.409 e. The molecule has 16 heavy (non-hydrogen) atoms. The molecule has 1 heterocycles. The van der Waals surface area contributed by atoms with E-state index in [-0.39, 0.29) is 17.9 Å². The molecule has 0 saturated carbocycles. The molecular weight excluding hydrogens is 208 g/mol. The number of methoxy groups -OCH3 is 1. The molecule has 1 aliphatic rings. The van der Waals surface area contributed by atoms with Gasteiger partial charge in [0.1, 0.15) is 0 Å². The second kappa shape index (κ2) is 5.72. The summed E-state index contributed by atoms with van der Waals surface area (Å²) in [4.78, 5) is 26.5. The third-order valence-corrected chi connectivity index (χ3v) is 3.13. The zero-order valence-electron chi connectivity index (χ0n) is 10.2. The first-order valence-corrected chi connectivity index (χ1v) is 5.68. The van der Waals surface area contributed by atoms with Crippen LogP contribution >= 0.6 is 0 Å². The van der Waals surface area contributed by atoms with Gasteiger partial charge in [-0.1, -0.05) is 0 Å². The first-order valence-electron chi connectivity index (χ1n) is 5.68. The van der Waals surface area contributed by atoms with Gasteiger partial charge < -0.3 is 14.5 Å². The zero-order chi connectivity index (χ0) is 12.1. The largest absolute Gasteiger partial charge is 0.453 e. The first kappa shape index (κ1) is 12.8. The van der Waals surface area contributed by atoms with Crippen molar-refractivity contribution >= 4 is 12.0 Å². The van der Waals surface area contributed by atoms with Crippen LogP contribution in [0.25, 0.3) is 0 Å². The highest BCUT2D eigenvalue weighted by Gasteiger charge is 2.28. The van der Waals surface area contributed by atoms with Crippen LogP contribution in [0.5, 0.6) is 0 Å². The highest BCUT2D eigenvalue weighted by atomic mass is 16.5. The van der Waals surface area contributed by atoms with Crippen LogP contribution in [0.15, 0.2) is 0 Å². The van der Waals surface area contributed by atoms with Gasteiger partial charge >= 0.3 is 6.09 Å². The fourth-order valence-corrected chi connectivity index (χ4v) is 1.91. The minimum atomic E-state index is -0.297. The minimum absolute atomic E-state index is 0.0610. The summed E-state index contributed by atoms with van der Waals surface area (Å²) >= 11 is 0. The summed E-state index contributed by atoms with van der Waals surface area (Å²) in [5.41, 5.74) is 0. The number of nitrogens with zero attached hydrogens (tertiary/aromatic N) is 2. The maximum Gasteiger partial charge on any atom is 0.409 e. The van der Waals surface area contributed by atoms with Crippen molar-refractivity contribution in [1.82, 2.24) is 9.80 Å². The van der Waals surface area contributed by atoms with E-state index < -0.39 is 0 Å². The predicted octanol–water partition coefficient (Wildman–Crippen LogP) is 0.943. The summed E-state index contributed by atoms with van der Waals surface area (Å²) in [5.74, 6) is 0.248. The molecule has 0 aliphatic carbocycles. The number of rotatable bonds is 2. The quantitative estimate of drug-likeness (QED) is 0.707. The van der Waals surface area contributed by atoms with Crippen molar-refractivity contribution in [1.29, 1.82) is 0 Å². The SMILES string of the molecule is CCN(C)C(=O)C1CCN(C(=O)OC)CC1. The van der Waals surface area contributed by atoms with E-state index in [0.717, 1.165) is 19.4 Å². The fraction of sp³-hybridized carbons (Fsp3) is 0.818. The number of amides is 2. The predicted molar refractivity (Wildman–Crippen MR) is 60.0 cm³/mol. The van der Waals surface area contributed by atoms with Crippen LogP contribution in [0.3, 0.4) is 0 Å². The minimum Gasteiger partial charge on any atom is -0.453 e. The average molecular weight is 228 g/mol. The molecule has 1 saturated heterocycles. The van der Waals surface area contributed by atoms with E-state index in [4.69, 9.17) is 0 Å². The summed E-state index contributed by atoms with van der Waals surface area (Å²) in [6.07, 6.45) is 1.17. The number of carbonyl (C=O) groups excluding carboxylic acids is 2. The van der Waals surface area contributed by atoms with Crippen molar-refractivity contribution in [2.45, 2.75) is 19.8 Å². The molecule has 0 aromatic rings. The molecule has 0 aromatic carbocycles. The normalized spacial score (nSPS) is 17.1. The molecule has 5 heteroatoms. The molecule has 0 spiro atoms. The third kappa shape index (κ3) is 2.87. The maximum absolute atomic E-state index is 11.9. The van der Waals surface area contributed by atoms with E-state index in [9.17, 15) is 9.59 Å². The van der Waals surface area contributed by atoms with Crippen molar-refractivity contribution in [2.75, 3.05) is 33.8 Å². The molecule has 5 nitrogen and oxygen atoms in total. The van der Waals surface area contributed by atoms with Crippen LogP contribution in [0.4, 0.5) is 4.79 Å². The molecule has 2 amide bonds. The Bertz CT molecular complexity index is 260. The zero-order valence-corrected chi connectivity index (χ0v) is 10.2. The van der Waals surface area contributed by atoms with Gasteiger partial charge in [0.2, 0.25) is 5.91 Å². The number of piperidine rings is 1. The van der Waals surface area contributed by atoms with Crippen LogP contribution in [0.1, 0.15) is 19.8 Å². The Hall–Kier alpha value is -1.26. The van der Waals surface area contributed by atoms with Crippen molar-refractivity contribution in [3.05, 3.63) is 0 Å². The monoisotopic (exact) mass is 228 g/mol. The Morgan fingerprint density at radius 1 is 1.38 bits per heavy atom. The molecule has 0 atom stereocenters. The number of likely N-dealkylation sites (tertiary alicyclic amines) is 1. The highest BCUT2D eigenvalue weighted by molar-refractivity contribution is 5.79. The van der Waals surface area contributed by atoms with Crippen molar-refractivity contribution in [3.8, 4) is 0 Å². The van der Waals surface area contributed by atoms with Crippen LogP contribution in [0.2, 0.25) is 0 Å². The lowest BCUT2D eigenvalue weighted by Gasteiger charge is -2.32. The molecule has 0 unspecified atom stereocenters. The molecular formula is C11H20N2O3. The number of carbonyl (C=O) groups is 2. The van der Waals surface area contributed by atoms with E-state index in [1.807, 2.05) is 14.0 Å². The second-order valence-electron chi connectivity index (χ2n) is 4.08. The second-order valence-corrected chi connectivity index (χ2v) is 4.08. The lowest BCUT2D eigenvalue weighted by molar-refractivity contribution is -0.135. The molecule has 92 valence electrons. The van der Waals surface area contributed by atoms with Gasteiger partial charge in [-0.3, -0.25) is 4.79 Å². The average Bonchev–Trinajstić information content (AvgIpc) is 2.36. The van der Waals surface area contributed by atoms with Gasteiger partial charge in [-0.05, 0) is 19.8 Å². The van der Waals surface area contributed by atoms with Gasteiger partial charge in [-0.2, -0.15) is 0 Å². The molecule has 1 rings (SSSR count).